The first-order chi connectivity index (χ1) is 10.5. The molecule has 0 spiro atoms. The lowest BCUT2D eigenvalue weighted by Crippen LogP contribution is -2.59. The molecule has 3 rings (SSSR count). The number of aliphatic carboxylic acids is 1. The van der Waals surface area contributed by atoms with Crippen molar-refractivity contribution in [3.05, 3.63) is 0 Å². The molecule has 2 aliphatic heterocycles. The molecule has 1 aliphatic carbocycles. The van der Waals surface area contributed by atoms with Gasteiger partial charge in [0.05, 0.1) is 6.04 Å². The molecule has 3 fully saturated rings. The second-order valence-corrected chi connectivity index (χ2v) is 7.43. The maximum absolute atomic E-state index is 12.9. The average Bonchev–Trinajstić information content (AvgIpc) is 2.87. The zero-order valence-electron chi connectivity index (χ0n) is 13.7. The fraction of sp³-hybridized carbons (Fsp3) is 0.882. The maximum atomic E-state index is 12.9. The van der Waals surface area contributed by atoms with Gasteiger partial charge in [0.15, 0.2) is 0 Å². The lowest BCUT2D eigenvalue weighted by molar-refractivity contribution is -0.150. The molecule has 124 valence electrons. The Morgan fingerprint density at radius 2 is 1.91 bits per heavy atom. The van der Waals surface area contributed by atoms with Crippen LogP contribution in [0.2, 0.25) is 0 Å². The van der Waals surface area contributed by atoms with Crippen LogP contribution in [0.4, 0.5) is 0 Å². The number of hydrogen-bond donors (Lipinski definition) is 1. The normalized spacial score (nSPS) is 36.7. The highest BCUT2D eigenvalue weighted by Gasteiger charge is 2.50. The molecule has 0 radical (unpaired) electrons. The number of amides is 1. The molecule has 0 aromatic heterocycles. The van der Waals surface area contributed by atoms with E-state index in [-0.39, 0.29) is 18.0 Å². The first-order valence-corrected chi connectivity index (χ1v) is 8.81. The summed E-state index contributed by atoms with van der Waals surface area (Å²) in [5.41, 5.74) is 0. The van der Waals surface area contributed by atoms with Gasteiger partial charge in [-0.1, -0.05) is 12.8 Å². The van der Waals surface area contributed by atoms with Crippen LogP contribution in [0.5, 0.6) is 0 Å². The summed E-state index contributed by atoms with van der Waals surface area (Å²) in [5.74, 6) is -0.125. The Morgan fingerprint density at radius 3 is 2.59 bits per heavy atom. The Morgan fingerprint density at radius 1 is 1.18 bits per heavy atom. The van der Waals surface area contributed by atoms with Crippen LogP contribution in [-0.4, -0.2) is 57.5 Å². The minimum atomic E-state index is -0.746. The second-order valence-electron chi connectivity index (χ2n) is 7.43. The highest BCUT2D eigenvalue weighted by molar-refractivity contribution is 5.84. The van der Waals surface area contributed by atoms with Crippen molar-refractivity contribution in [2.45, 2.75) is 83.0 Å². The van der Waals surface area contributed by atoms with E-state index in [2.05, 4.69) is 4.90 Å². The van der Waals surface area contributed by atoms with Gasteiger partial charge in [0, 0.05) is 18.6 Å². The van der Waals surface area contributed by atoms with Gasteiger partial charge in [0.25, 0.3) is 0 Å². The first kappa shape index (κ1) is 15.8. The van der Waals surface area contributed by atoms with E-state index in [1.807, 2.05) is 18.7 Å². The Balaban J connectivity index is 1.86. The zero-order valence-corrected chi connectivity index (χ0v) is 13.7. The Hall–Kier alpha value is -1.10. The largest absolute Gasteiger partial charge is 0.480 e. The van der Waals surface area contributed by atoms with Crippen LogP contribution in [-0.2, 0) is 9.59 Å². The second kappa shape index (κ2) is 6.19. The number of carbonyl (C=O) groups is 2. The molecule has 1 saturated carbocycles. The average molecular weight is 308 g/mol. The molecular formula is C17H28N2O3. The summed E-state index contributed by atoms with van der Waals surface area (Å²) < 4.78 is 0. The van der Waals surface area contributed by atoms with E-state index in [4.69, 9.17) is 0 Å². The van der Waals surface area contributed by atoms with Crippen molar-refractivity contribution in [2.75, 3.05) is 6.54 Å². The van der Waals surface area contributed by atoms with Crippen molar-refractivity contribution in [3.8, 4) is 0 Å². The number of carboxylic acid groups (broad SMARTS) is 1. The van der Waals surface area contributed by atoms with E-state index >= 15 is 0 Å². The predicted octanol–water partition coefficient (Wildman–Crippen LogP) is 2.10. The summed E-state index contributed by atoms with van der Waals surface area (Å²) >= 11 is 0. The number of likely N-dealkylation sites (tertiary alicyclic amines) is 2. The fourth-order valence-corrected chi connectivity index (χ4v) is 4.84. The fourth-order valence-electron chi connectivity index (χ4n) is 4.84. The SMILES string of the molecule is CC(C)N1CCC[C@H](N2[C@@H]3CCCC[C@@H]3C[C@H]2C(=O)O)C1=O. The Bertz CT molecular complexity index is 451. The molecule has 5 nitrogen and oxygen atoms in total. The molecule has 0 bridgehead atoms. The van der Waals surface area contributed by atoms with Gasteiger partial charge >= 0.3 is 5.97 Å². The number of piperidine rings is 1. The molecule has 5 heteroatoms. The van der Waals surface area contributed by atoms with Gasteiger partial charge in [0.1, 0.15) is 6.04 Å². The topological polar surface area (TPSA) is 60.9 Å². The van der Waals surface area contributed by atoms with Gasteiger partial charge in [-0.25, -0.2) is 0 Å². The molecule has 2 heterocycles. The van der Waals surface area contributed by atoms with Crippen molar-refractivity contribution < 1.29 is 14.7 Å². The van der Waals surface area contributed by atoms with Gasteiger partial charge in [-0.3, -0.25) is 14.5 Å². The van der Waals surface area contributed by atoms with Gasteiger partial charge < -0.3 is 10.0 Å². The highest BCUT2D eigenvalue weighted by Crippen LogP contribution is 2.42. The van der Waals surface area contributed by atoms with E-state index in [9.17, 15) is 14.7 Å². The third kappa shape index (κ3) is 2.64. The third-order valence-electron chi connectivity index (χ3n) is 5.85. The third-order valence-corrected chi connectivity index (χ3v) is 5.85. The molecular weight excluding hydrogens is 280 g/mol. The zero-order chi connectivity index (χ0) is 15.9. The van der Waals surface area contributed by atoms with Gasteiger partial charge in [-0.15, -0.1) is 0 Å². The van der Waals surface area contributed by atoms with Crippen LogP contribution in [0, 0.1) is 5.92 Å². The van der Waals surface area contributed by atoms with Crippen molar-refractivity contribution in [1.29, 1.82) is 0 Å². The van der Waals surface area contributed by atoms with E-state index in [0.29, 0.717) is 12.0 Å². The lowest BCUT2D eigenvalue weighted by atomic mass is 9.84. The van der Waals surface area contributed by atoms with E-state index in [0.717, 1.165) is 38.6 Å². The summed E-state index contributed by atoms with van der Waals surface area (Å²) in [6.07, 6.45) is 7.08. The molecule has 4 atom stereocenters. The number of hydrogen-bond acceptors (Lipinski definition) is 3. The molecule has 0 aromatic rings. The number of fused-ring (bicyclic) bond motifs is 1. The summed E-state index contributed by atoms with van der Waals surface area (Å²) in [6.45, 7) is 4.90. The quantitative estimate of drug-likeness (QED) is 0.867. The number of carboxylic acids is 1. The Kier molecular flexibility index (Phi) is 4.44. The van der Waals surface area contributed by atoms with Crippen LogP contribution < -0.4 is 0 Å². The van der Waals surface area contributed by atoms with Crippen LogP contribution in [0.3, 0.4) is 0 Å². The monoisotopic (exact) mass is 308 g/mol. The predicted molar refractivity (Wildman–Crippen MR) is 83.5 cm³/mol. The Labute approximate surface area is 132 Å². The molecule has 22 heavy (non-hydrogen) atoms. The van der Waals surface area contributed by atoms with Crippen LogP contribution in [0.25, 0.3) is 0 Å². The number of carbonyl (C=O) groups excluding carboxylic acids is 1. The molecule has 0 aromatic carbocycles. The van der Waals surface area contributed by atoms with Gasteiger partial charge in [-0.2, -0.15) is 0 Å². The number of nitrogens with zero attached hydrogens (tertiary/aromatic N) is 2. The smallest absolute Gasteiger partial charge is 0.320 e. The summed E-state index contributed by atoms with van der Waals surface area (Å²) in [7, 11) is 0. The molecule has 2 saturated heterocycles. The van der Waals surface area contributed by atoms with Gasteiger partial charge in [0.2, 0.25) is 5.91 Å². The standard InChI is InChI=1S/C17H28N2O3/c1-11(2)18-9-5-8-14(16(18)20)19-13-7-4-3-6-12(13)10-15(19)17(21)22/h11-15H,3-10H2,1-2H3,(H,21,22)/t12-,13-,14+,15+/m1/s1. The molecule has 0 unspecified atom stereocenters. The van der Waals surface area contributed by atoms with Crippen LogP contribution >= 0.6 is 0 Å². The van der Waals surface area contributed by atoms with Crippen LogP contribution in [0.1, 0.15) is 58.8 Å². The van der Waals surface area contributed by atoms with Crippen molar-refractivity contribution >= 4 is 11.9 Å². The minimum Gasteiger partial charge on any atom is -0.480 e. The van der Waals surface area contributed by atoms with E-state index < -0.39 is 12.0 Å². The van der Waals surface area contributed by atoms with Crippen LogP contribution in [0.15, 0.2) is 0 Å². The minimum absolute atomic E-state index is 0.152. The lowest BCUT2D eigenvalue weighted by Gasteiger charge is -2.43. The van der Waals surface area contributed by atoms with E-state index in [1.165, 1.54) is 12.8 Å². The molecule has 1 amide bonds. The van der Waals surface area contributed by atoms with Crippen molar-refractivity contribution in [1.82, 2.24) is 9.80 Å². The molecule has 1 N–H and O–H groups in total. The molecule has 3 aliphatic rings. The summed E-state index contributed by atoms with van der Waals surface area (Å²) in [4.78, 5) is 28.7. The van der Waals surface area contributed by atoms with Crippen molar-refractivity contribution in [3.63, 3.8) is 0 Å². The van der Waals surface area contributed by atoms with Crippen molar-refractivity contribution in [2.24, 2.45) is 5.92 Å². The van der Waals surface area contributed by atoms with E-state index in [1.54, 1.807) is 0 Å². The van der Waals surface area contributed by atoms with Gasteiger partial charge in [-0.05, 0) is 51.9 Å². The first-order valence-electron chi connectivity index (χ1n) is 8.81. The maximum Gasteiger partial charge on any atom is 0.320 e. The summed E-state index contributed by atoms with van der Waals surface area (Å²) in [5, 5.41) is 9.66. The highest BCUT2D eigenvalue weighted by atomic mass is 16.4. The number of rotatable bonds is 3. The summed E-state index contributed by atoms with van der Waals surface area (Å²) in [6, 6.07) is -0.182.